The maximum atomic E-state index is 11.9. The average Bonchev–Trinajstić information content (AvgIpc) is 2.41. The number of nitrogens with zero attached hydrogens (tertiary/aromatic N) is 1. The molecule has 1 aliphatic rings. The molecule has 1 heterocycles. The molecule has 0 unspecified atom stereocenters. The topological polar surface area (TPSA) is 58.6 Å². The zero-order valence-corrected chi connectivity index (χ0v) is 13.1. The van der Waals surface area contributed by atoms with Crippen molar-refractivity contribution in [1.29, 1.82) is 0 Å². The van der Waals surface area contributed by atoms with E-state index >= 15 is 0 Å². The Morgan fingerprint density at radius 2 is 2.30 bits per heavy atom. The lowest BCUT2D eigenvalue weighted by atomic mass is 10.2. The van der Waals surface area contributed by atoms with Crippen molar-refractivity contribution in [2.24, 2.45) is 0 Å². The first-order valence-corrected chi connectivity index (χ1v) is 7.32. The van der Waals surface area contributed by atoms with E-state index in [1.54, 1.807) is 12.1 Å². The van der Waals surface area contributed by atoms with Crippen molar-refractivity contribution < 1.29 is 14.3 Å². The van der Waals surface area contributed by atoms with Crippen LogP contribution in [0.3, 0.4) is 0 Å². The van der Waals surface area contributed by atoms with Crippen LogP contribution in [-0.2, 0) is 9.59 Å². The van der Waals surface area contributed by atoms with Crippen LogP contribution < -0.4 is 15.0 Å². The highest BCUT2D eigenvalue weighted by Gasteiger charge is 2.27. The summed E-state index contributed by atoms with van der Waals surface area (Å²) in [7, 11) is 0. The lowest BCUT2D eigenvalue weighted by molar-refractivity contribution is -0.125. The molecule has 1 aromatic rings. The number of halogens is 1. The number of hydrogen-bond acceptors (Lipinski definition) is 3. The molecule has 1 aliphatic heterocycles. The number of anilines is 1. The van der Waals surface area contributed by atoms with Crippen LogP contribution >= 0.6 is 15.9 Å². The third kappa shape index (κ3) is 3.30. The summed E-state index contributed by atoms with van der Waals surface area (Å²) < 4.78 is 6.25. The van der Waals surface area contributed by atoms with Gasteiger partial charge in [-0.15, -0.1) is 0 Å². The molecule has 108 valence electrons. The lowest BCUT2D eigenvalue weighted by Gasteiger charge is -2.29. The molecule has 1 N–H and O–H groups in total. The van der Waals surface area contributed by atoms with Gasteiger partial charge in [-0.25, -0.2) is 0 Å². The number of fused-ring (bicyclic) bond motifs is 1. The Hall–Kier alpha value is -1.56. The van der Waals surface area contributed by atoms with Crippen molar-refractivity contribution in [3.63, 3.8) is 0 Å². The first-order chi connectivity index (χ1) is 9.51. The summed E-state index contributed by atoms with van der Waals surface area (Å²) in [6.45, 7) is 3.91. The summed E-state index contributed by atoms with van der Waals surface area (Å²) >= 11 is 3.36. The van der Waals surface area contributed by atoms with Gasteiger partial charge < -0.3 is 10.1 Å². The number of amides is 2. The predicted molar refractivity (Wildman–Crippen MR) is 79.9 cm³/mol. The van der Waals surface area contributed by atoms with E-state index < -0.39 is 0 Å². The van der Waals surface area contributed by atoms with Gasteiger partial charge in [0.25, 0.3) is 5.91 Å². The Morgan fingerprint density at radius 3 is 3.00 bits per heavy atom. The van der Waals surface area contributed by atoms with E-state index in [0.29, 0.717) is 11.4 Å². The van der Waals surface area contributed by atoms with Crippen molar-refractivity contribution in [1.82, 2.24) is 5.32 Å². The minimum Gasteiger partial charge on any atom is -0.482 e. The second-order valence-corrected chi connectivity index (χ2v) is 5.67. The van der Waals surface area contributed by atoms with Gasteiger partial charge in [0.1, 0.15) is 12.3 Å². The SMILES string of the molecule is CC[C@@H](C)NC(=O)CN1C(=O)COc2cc(Br)ccc21. The number of carbonyl (C=O) groups excluding carboxylic acids is 2. The second-order valence-electron chi connectivity index (χ2n) is 4.76. The van der Waals surface area contributed by atoms with E-state index in [1.165, 1.54) is 4.90 Å². The summed E-state index contributed by atoms with van der Waals surface area (Å²) in [5.41, 5.74) is 0.628. The molecule has 0 spiro atoms. The minimum absolute atomic E-state index is 0.0150. The Bertz CT molecular complexity index is 533. The minimum atomic E-state index is -0.209. The van der Waals surface area contributed by atoms with E-state index in [2.05, 4.69) is 21.2 Å². The molecule has 0 aromatic heterocycles. The molecular weight excluding hydrogens is 324 g/mol. The van der Waals surface area contributed by atoms with Gasteiger partial charge in [0, 0.05) is 10.5 Å². The summed E-state index contributed by atoms with van der Waals surface area (Å²) in [6.07, 6.45) is 0.854. The fraction of sp³-hybridized carbons (Fsp3) is 0.429. The van der Waals surface area contributed by atoms with Gasteiger partial charge in [-0.2, -0.15) is 0 Å². The standard InChI is InChI=1S/C14H17BrN2O3/c1-3-9(2)16-13(18)7-17-11-5-4-10(15)6-12(11)20-8-14(17)19/h4-6,9H,3,7-8H2,1-2H3,(H,16,18)/t9-/m1/s1. The molecule has 0 saturated carbocycles. The van der Waals surface area contributed by atoms with Crippen molar-refractivity contribution >= 4 is 33.4 Å². The van der Waals surface area contributed by atoms with Crippen LogP contribution in [0.2, 0.25) is 0 Å². The quantitative estimate of drug-likeness (QED) is 0.912. The van der Waals surface area contributed by atoms with Gasteiger partial charge in [-0.05, 0) is 31.5 Å². The van der Waals surface area contributed by atoms with Crippen LogP contribution in [0.25, 0.3) is 0 Å². The fourth-order valence-corrected chi connectivity index (χ4v) is 2.26. The number of ether oxygens (including phenoxy) is 1. The van der Waals surface area contributed by atoms with Crippen molar-refractivity contribution in [2.45, 2.75) is 26.3 Å². The maximum Gasteiger partial charge on any atom is 0.265 e. The highest BCUT2D eigenvalue weighted by molar-refractivity contribution is 9.10. The van der Waals surface area contributed by atoms with Gasteiger partial charge in [0.2, 0.25) is 5.91 Å². The molecule has 20 heavy (non-hydrogen) atoms. The monoisotopic (exact) mass is 340 g/mol. The van der Waals surface area contributed by atoms with Gasteiger partial charge in [-0.1, -0.05) is 22.9 Å². The highest BCUT2D eigenvalue weighted by atomic mass is 79.9. The van der Waals surface area contributed by atoms with Crippen LogP contribution in [0.5, 0.6) is 5.75 Å². The Balaban J connectivity index is 2.15. The van der Waals surface area contributed by atoms with Gasteiger partial charge in [0.05, 0.1) is 5.69 Å². The first kappa shape index (κ1) is 14.8. The third-order valence-electron chi connectivity index (χ3n) is 3.19. The highest BCUT2D eigenvalue weighted by Crippen LogP contribution is 2.34. The molecular formula is C14H17BrN2O3. The molecule has 0 saturated heterocycles. The van der Waals surface area contributed by atoms with E-state index in [-0.39, 0.29) is 31.0 Å². The van der Waals surface area contributed by atoms with E-state index in [4.69, 9.17) is 4.74 Å². The smallest absolute Gasteiger partial charge is 0.265 e. The average molecular weight is 341 g/mol. The maximum absolute atomic E-state index is 11.9. The number of rotatable bonds is 4. The Morgan fingerprint density at radius 1 is 1.55 bits per heavy atom. The summed E-state index contributed by atoms with van der Waals surface area (Å²) in [5, 5.41) is 2.86. The number of hydrogen-bond donors (Lipinski definition) is 1. The van der Waals surface area contributed by atoms with Crippen molar-refractivity contribution in [3.8, 4) is 5.75 Å². The molecule has 0 bridgehead atoms. The molecule has 1 atom stereocenters. The third-order valence-corrected chi connectivity index (χ3v) is 3.68. The van der Waals surface area contributed by atoms with Gasteiger partial charge >= 0.3 is 0 Å². The number of nitrogens with one attached hydrogen (secondary N) is 1. The summed E-state index contributed by atoms with van der Waals surface area (Å²) in [6, 6.07) is 5.48. The molecule has 2 amide bonds. The Labute approximate surface area is 126 Å². The van der Waals surface area contributed by atoms with Crippen LogP contribution in [0.15, 0.2) is 22.7 Å². The van der Waals surface area contributed by atoms with Crippen molar-refractivity contribution in [2.75, 3.05) is 18.1 Å². The van der Waals surface area contributed by atoms with E-state index in [9.17, 15) is 9.59 Å². The van der Waals surface area contributed by atoms with Crippen LogP contribution in [0.4, 0.5) is 5.69 Å². The molecule has 0 aliphatic carbocycles. The normalized spacial score (nSPS) is 15.3. The van der Waals surface area contributed by atoms with Crippen molar-refractivity contribution in [3.05, 3.63) is 22.7 Å². The molecule has 0 fully saturated rings. The van der Waals surface area contributed by atoms with Gasteiger partial charge in [0.15, 0.2) is 6.61 Å². The molecule has 1 aromatic carbocycles. The number of benzene rings is 1. The zero-order chi connectivity index (χ0) is 14.7. The van der Waals surface area contributed by atoms with E-state index in [1.807, 2.05) is 19.9 Å². The van der Waals surface area contributed by atoms with E-state index in [0.717, 1.165) is 10.9 Å². The zero-order valence-electron chi connectivity index (χ0n) is 11.5. The fourth-order valence-electron chi connectivity index (χ4n) is 1.92. The van der Waals surface area contributed by atoms with Crippen LogP contribution in [-0.4, -0.2) is 31.0 Å². The lowest BCUT2D eigenvalue weighted by Crippen LogP contribution is -2.46. The molecule has 0 radical (unpaired) electrons. The molecule has 2 rings (SSSR count). The first-order valence-electron chi connectivity index (χ1n) is 6.53. The number of carbonyl (C=O) groups is 2. The largest absolute Gasteiger partial charge is 0.482 e. The second kappa shape index (κ2) is 6.26. The predicted octanol–water partition coefficient (Wildman–Crippen LogP) is 2.09. The van der Waals surface area contributed by atoms with Gasteiger partial charge in [-0.3, -0.25) is 14.5 Å². The summed E-state index contributed by atoms with van der Waals surface area (Å²) in [4.78, 5) is 25.4. The van der Waals surface area contributed by atoms with Crippen LogP contribution in [0.1, 0.15) is 20.3 Å². The molecule has 5 nitrogen and oxygen atoms in total. The van der Waals surface area contributed by atoms with Crippen LogP contribution in [0, 0.1) is 0 Å². The molecule has 6 heteroatoms. The Kier molecular flexibility index (Phi) is 4.65. The summed E-state index contributed by atoms with van der Waals surface area (Å²) in [5.74, 6) is 0.234.